The average Bonchev–Trinajstić information content (AvgIpc) is 2.33. The summed E-state index contributed by atoms with van der Waals surface area (Å²) in [5.41, 5.74) is 0.965. The van der Waals surface area contributed by atoms with Crippen LogP contribution >= 0.6 is 0 Å². The van der Waals surface area contributed by atoms with E-state index in [1.807, 2.05) is 6.92 Å². The molecule has 100 valence electrons. The van der Waals surface area contributed by atoms with E-state index in [1.54, 1.807) is 12.1 Å². The van der Waals surface area contributed by atoms with Crippen molar-refractivity contribution in [2.24, 2.45) is 0 Å². The highest BCUT2D eigenvalue weighted by molar-refractivity contribution is 5.29. The molecule has 0 aliphatic heterocycles. The Balaban J connectivity index is 2.07. The summed E-state index contributed by atoms with van der Waals surface area (Å²) in [6.07, 6.45) is 5.19. The van der Waals surface area contributed by atoms with Gasteiger partial charge in [0.05, 0.1) is 6.10 Å². The Labute approximate surface area is 108 Å². The van der Waals surface area contributed by atoms with Gasteiger partial charge in [-0.1, -0.05) is 25.3 Å². The number of benzene rings is 1. The quantitative estimate of drug-likeness (QED) is 0.871. The molecule has 1 saturated carbocycles. The first kappa shape index (κ1) is 13.3. The normalized spacial score (nSPS) is 25.3. The Hall–Kier alpha value is -1.09. The SMILES string of the molecule is Cc1ccc(F)c(OC2CCCCCCC2O)c1. The van der Waals surface area contributed by atoms with Crippen molar-refractivity contribution in [1.29, 1.82) is 0 Å². The molecule has 3 heteroatoms. The Bertz CT molecular complexity index is 392. The van der Waals surface area contributed by atoms with E-state index in [2.05, 4.69) is 0 Å². The number of halogens is 1. The molecule has 1 N–H and O–H groups in total. The number of hydrogen-bond acceptors (Lipinski definition) is 2. The van der Waals surface area contributed by atoms with Crippen molar-refractivity contribution in [3.05, 3.63) is 29.6 Å². The summed E-state index contributed by atoms with van der Waals surface area (Å²) >= 11 is 0. The lowest BCUT2D eigenvalue weighted by Crippen LogP contribution is -2.33. The lowest BCUT2D eigenvalue weighted by atomic mass is 9.96. The van der Waals surface area contributed by atoms with Crippen LogP contribution in [0.2, 0.25) is 0 Å². The van der Waals surface area contributed by atoms with E-state index in [4.69, 9.17) is 4.74 Å². The smallest absolute Gasteiger partial charge is 0.165 e. The standard InChI is InChI=1S/C15H21FO2/c1-11-8-9-12(16)15(10-11)18-14-7-5-3-2-4-6-13(14)17/h8-10,13-14,17H,2-7H2,1H3. The van der Waals surface area contributed by atoms with Crippen molar-refractivity contribution >= 4 is 0 Å². The van der Waals surface area contributed by atoms with Gasteiger partial charge in [-0.3, -0.25) is 0 Å². The molecule has 2 atom stereocenters. The van der Waals surface area contributed by atoms with Crippen LogP contribution in [0.4, 0.5) is 4.39 Å². The average molecular weight is 252 g/mol. The molecule has 2 nitrogen and oxygen atoms in total. The predicted octanol–water partition coefficient (Wildman–Crippen LogP) is 3.60. The molecule has 1 aromatic rings. The van der Waals surface area contributed by atoms with Crippen molar-refractivity contribution in [2.45, 2.75) is 57.7 Å². The van der Waals surface area contributed by atoms with Crippen molar-refractivity contribution in [3.8, 4) is 5.75 Å². The number of aliphatic hydroxyl groups excluding tert-OH is 1. The summed E-state index contributed by atoms with van der Waals surface area (Å²) in [5.74, 6) is -0.0884. The van der Waals surface area contributed by atoms with Crippen LogP contribution in [-0.4, -0.2) is 17.3 Å². The number of rotatable bonds is 2. The fourth-order valence-corrected chi connectivity index (χ4v) is 2.43. The molecule has 0 bridgehead atoms. The first-order valence-electron chi connectivity index (χ1n) is 6.77. The predicted molar refractivity (Wildman–Crippen MR) is 69.3 cm³/mol. The van der Waals surface area contributed by atoms with E-state index in [-0.39, 0.29) is 17.7 Å². The molecule has 18 heavy (non-hydrogen) atoms. The number of aliphatic hydroxyl groups is 1. The lowest BCUT2D eigenvalue weighted by molar-refractivity contribution is 0.0167. The largest absolute Gasteiger partial charge is 0.485 e. The summed E-state index contributed by atoms with van der Waals surface area (Å²) in [5, 5.41) is 10.0. The van der Waals surface area contributed by atoms with Crippen LogP contribution in [0.3, 0.4) is 0 Å². The van der Waals surface area contributed by atoms with Gasteiger partial charge in [0.25, 0.3) is 0 Å². The first-order valence-corrected chi connectivity index (χ1v) is 6.77. The molecule has 1 aliphatic carbocycles. The van der Waals surface area contributed by atoms with E-state index >= 15 is 0 Å². The van der Waals surface area contributed by atoms with E-state index in [9.17, 15) is 9.50 Å². The molecule has 0 radical (unpaired) electrons. The topological polar surface area (TPSA) is 29.5 Å². The second-order valence-electron chi connectivity index (χ2n) is 5.15. The summed E-state index contributed by atoms with van der Waals surface area (Å²) < 4.78 is 19.3. The van der Waals surface area contributed by atoms with Gasteiger partial charge in [0.2, 0.25) is 0 Å². The third-order valence-electron chi connectivity index (χ3n) is 3.53. The van der Waals surface area contributed by atoms with E-state index in [0.29, 0.717) is 0 Å². The second-order valence-corrected chi connectivity index (χ2v) is 5.15. The van der Waals surface area contributed by atoms with Crippen LogP contribution in [0.15, 0.2) is 18.2 Å². The maximum atomic E-state index is 13.6. The van der Waals surface area contributed by atoms with Crippen molar-refractivity contribution in [1.82, 2.24) is 0 Å². The van der Waals surface area contributed by atoms with Gasteiger partial charge in [-0.05, 0) is 43.9 Å². The first-order chi connectivity index (χ1) is 8.66. The summed E-state index contributed by atoms with van der Waals surface area (Å²) in [4.78, 5) is 0. The van der Waals surface area contributed by atoms with Gasteiger partial charge in [0.15, 0.2) is 11.6 Å². The minimum absolute atomic E-state index is 0.264. The van der Waals surface area contributed by atoms with Crippen LogP contribution in [0.25, 0.3) is 0 Å². The highest BCUT2D eigenvalue weighted by Crippen LogP contribution is 2.25. The third kappa shape index (κ3) is 3.45. The lowest BCUT2D eigenvalue weighted by Gasteiger charge is -2.26. The number of ether oxygens (including phenoxy) is 1. The fourth-order valence-electron chi connectivity index (χ4n) is 2.43. The molecular formula is C15H21FO2. The molecule has 0 amide bonds. The van der Waals surface area contributed by atoms with Gasteiger partial charge in [-0.2, -0.15) is 0 Å². The zero-order valence-electron chi connectivity index (χ0n) is 10.9. The van der Waals surface area contributed by atoms with Crippen LogP contribution in [0.5, 0.6) is 5.75 Å². The monoisotopic (exact) mass is 252 g/mol. The van der Waals surface area contributed by atoms with Crippen molar-refractivity contribution < 1.29 is 14.2 Å². The maximum absolute atomic E-state index is 13.6. The molecule has 1 fully saturated rings. The van der Waals surface area contributed by atoms with E-state index in [0.717, 1.165) is 31.2 Å². The van der Waals surface area contributed by atoms with Gasteiger partial charge in [0, 0.05) is 0 Å². The molecule has 2 unspecified atom stereocenters. The third-order valence-corrected chi connectivity index (χ3v) is 3.53. The molecule has 0 saturated heterocycles. The Morgan fingerprint density at radius 1 is 1.17 bits per heavy atom. The molecule has 0 aromatic heterocycles. The van der Waals surface area contributed by atoms with E-state index in [1.165, 1.54) is 18.9 Å². The van der Waals surface area contributed by atoms with Crippen LogP contribution in [0, 0.1) is 12.7 Å². The van der Waals surface area contributed by atoms with Gasteiger partial charge >= 0.3 is 0 Å². The summed E-state index contributed by atoms with van der Waals surface area (Å²) in [7, 11) is 0. The Morgan fingerprint density at radius 3 is 2.67 bits per heavy atom. The molecule has 1 aromatic carbocycles. The molecule has 0 heterocycles. The second kappa shape index (κ2) is 6.19. The van der Waals surface area contributed by atoms with Gasteiger partial charge in [-0.25, -0.2) is 4.39 Å². The van der Waals surface area contributed by atoms with Crippen molar-refractivity contribution in [2.75, 3.05) is 0 Å². The van der Waals surface area contributed by atoms with Gasteiger partial charge in [0.1, 0.15) is 6.10 Å². The molecular weight excluding hydrogens is 231 g/mol. The van der Waals surface area contributed by atoms with Crippen LogP contribution < -0.4 is 4.74 Å². The number of hydrogen-bond donors (Lipinski definition) is 1. The highest BCUT2D eigenvalue weighted by Gasteiger charge is 2.23. The molecule has 1 aliphatic rings. The van der Waals surface area contributed by atoms with Gasteiger partial charge < -0.3 is 9.84 Å². The zero-order valence-corrected chi connectivity index (χ0v) is 10.9. The van der Waals surface area contributed by atoms with Gasteiger partial charge in [-0.15, -0.1) is 0 Å². The number of aryl methyl sites for hydroxylation is 1. The highest BCUT2D eigenvalue weighted by atomic mass is 19.1. The molecule has 2 rings (SSSR count). The summed E-state index contributed by atoms with van der Waals surface area (Å²) in [6.45, 7) is 1.90. The minimum Gasteiger partial charge on any atom is -0.485 e. The van der Waals surface area contributed by atoms with Crippen LogP contribution in [-0.2, 0) is 0 Å². The maximum Gasteiger partial charge on any atom is 0.165 e. The Morgan fingerprint density at radius 2 is 1.89 bits per heavy atom. The Kier molecular flexibility index (Phi) is 4.59. The van der Waals surface area contributed by atoms with Crippen molar-refractivity contribution in [3.63, 3.8) is 0 Å². The van der Waals surface area contributed by atoms with Crippen LogP contribution in [0.1, 0.15) is 44.1 Å². The zero-order chi connectivity index (χ0) is 13.0. The van der Waals surface area contributed by atoms with E-state index < -0.39 is 6.10 Å². The fraction of sp³-hybridized carbons (Fsp3) is 0.600. The summed E-state index contributed by atoms with van der Waals surface area (Å²) in [6, 6.07) is 4.83. The minimum atomic E-state index is -0.481. The molecule has 0 spiro atoms.